The molecule has 6 heteroatoms. The van der Waals surface area contributed by atoms with Crippen LogP contribution in [-0.4, -0.2) is 46.5 Å². The van der Waals surface area contributed by atoms with Crippen molar-refractivity contribution in [1.82, 2.24) is 9.80 Å². The number of halogens is 2. The van der Waals surface area contributed by atoms with Gasteiger partial charge in [-0.2, -0.15) is 0 Å². The lowest BCUT2D eigenvalue weighted by molar-refractivity contribution is -0.138. The Morgan fingerprint density at radius 2 is 1.84 bits per heavy atom. The molecular weight excluding hydrogens is 398 g/mol. The van der Waals surface area contributed by atoms with Crippen molar-refractivity contribution in [3.8, 4) is 5.75 Å². The average Bonchev–Trinajstić information content (AvgIpc) is 2.72. The molecule has 3 fully saturated rings. The van der Waals surface area contributed by atoms with E-state index in [1.54, 1.807) is 18.2 Å². The number of aromatic hydroxyl groups is 1. The fourth-order valence-corrected chi connectivity index (χ4v) is 6.09. The van der Waals surface area contributed by atoms with Crippen molar-refractivity contribution >= 4 is 5.91 Å². The Kier molecular flexibility index (Phi) is 5.42. The smallest absolute Gasteiger partial charge is 0.227 e. The molecule has 2 aromatic rings. The van der Waals surface area contributed by atoms with Crippen molar-refractivity contribution in [2.45, 2.75) is 44.2 Å². The van der Waals surface area contributed by atoms with Crippen LogP contribution in [0.3, 0.4) is 0 Å². The zero-order chi connectivity index (χ0) is 21.5. The average molecular weight is 427 g/mol. The molecule has 3 aliphatic rings. The number of nitrogens with zero attached hydrogens (tertiary/aromatic N) is 2. The molecule has 2 bridgehead atoms. The van der Waals surface area contributed by atoms with E-state index in [1.807, 2.05) is 11.0 Å². The molecule has 4 atom stereocenters. The molecule has 5 rings (SSSR count). The first-order valence-corrected chi connectivity index (χ1v) is 11.2. The summed E-state index contributed by atoms with van der Waals surface area (Å²) in [6.45, 7) is 2.32. The fraction of sp³-hybridized carbons (Fsp3) is 0.480. The zero-order valence-corrected chi connectivity index (χ0v) is 17.5. The molecule has 2 aromatic carbocycles. The molecule has 3 aliphatic heterocycles. The van der Waals surface area contributed by atoms with Gasteiger partial charge in [0, 0.05) is 37.8 Å². The summed E-state index contributed by atoms with van der Waals surface area (Å²) in [5.74, 6) is 0.0202. The minimum atomic E-state index is -0.516. The molecule has 0 radical (unpaired) electrons. The number of phenolic OH excluding ortho intramolecular Hbond substituents is 1. The lowest BCUT2D eigenvalue weighted by Crippen LogP contribution is -2.60. The first-order chi connectivity index (χ1) is 15.0. The van der Waals surface area contributed by atoms with Crippen LogP contribution in [0, 0.1) is 23.5 Å². The number of phenols is 1. The third-order valence-corrected chi connectivity index (χ3v) is 7.27. The fourth-order valence-electron chi connectivity index (χ4n) is 6.09. The zero-order valence-electron chi connectivity index (χ0n) is 17.5. The van der Waals surface area contributed by atoms with Crippen molar-refractivity contribution in [2.75, 3.05) is 19.6 Å². The van der Waals surface area contributed by atoms with Crippen LogP contribution in [-0.2, 0) is 11.2 Å². The van der Waals surface area contributed by atoms with Crippen molar-refractivity contribution < 1.29 is 18.7 Å². The Bertz CT molecular complexity index is 961. The molecule has 0 spiro atoms. The highest BCUT2D eigenvalue weighted by Crippen LogP contribution is 2.44. The summed E-state index contributed by atoms with van der Waals surface area (Å²) in [7, 11) is 0. The van der Waals surface area contributed by atoms with Crippen LogP contribution in [0.2, 0.25) is 0 Å². The highest BCUT2D eigenvalue weighted by Gasteiger charge is 2.45. The number of hydrogen-bond acceptors (Lipinski definition) is 3. The van der Waals surface area contributed by atoms with E-state index in [2.05, 4.69) is 4.90 Å². The maximum atomic E-state index is 13.9. The Hall–Kier alpha value is -2.47. The van der Waals surface area contributed by atoms with E-state index in [4.69, 9.17) is 0 Å². The van der Waals surface area contributed by atoms with E-state index in [9.17, 15) is 18.7 Å². The van der Waals surface area contributed by atoms with Gasteiger partial charge in [-0.3, -0.25) is 9.69 Å². The maximum Gasteiger partial charge on any atom is 0.227 e. The number of rotatable bonds is 3. The van der Waals surface area contributed by atoms with Crippen LogP contribution in [0.1, 0.15) is 42.9 Å². The van der Waals surface area contributed by atoms with Gasteiger partial charge in [-0.05, 0) is 72.9 Å². The van der Waals surface area contributed by atoms with Gasteiger partial charge in [0.05, 0.1) is 6.42 Å². The Balaban J connectivity index is 1.31. The van der Waals surface area contributed by atoms with Crippen LogP contribution in [0.15, 0.2) is 42.5 Å². The Morgan fingerprint density at radius 3 is 2.61 bits per heavy atom. The summed E-state index contributed by atoms with van der Waals surface area (Å²) in [5, 5.41) is 9.67. The summed E-state index contributed by atoms with van der Waals surface area (Å²) in [6, 6.07) is 11.2. The summed E-state index contributed by atoms with van der Waals surface area (Å²) in [6.07, 6.45) is 4.43. The van der Waals surface area contributed by atoms with Crippen LogP contribution in [0.25, 0.3) is 0 Å². The standard InChI is InChI=1S/C25H28F2N2O2/c26-20-10-18(11-21(27)12-20)23-5-2-6-24-19-7-17(14-29(23)24)13-28(15-19)25(31)9-16-3-1-4-22(30)8-16/h1,3-4,8,10-12,17,19,23-24,30H,2,5-7,9,13-15H2/t17-,19+,23+,24-/m0/s1. The summed E-state index contributed by atoms with van der Waals surface area (Å²) in [4.78, 5) is 17.4. The van der Waals surface area contributed by atoms with Crippen molar-refractivity contribution in [3.63, 3.8) is 0 Å². The van der Waals surface area contributed by atoms with Gasteiger partial charge in [0.2, 0.25) is 5.91 Å². The van der Waals surface area contributed by atoms with Gasteiger partial charge in [0.1, 0.15) is 17.4 Å². The van der Waals surface area contributed by atoms with Gasteiger partial charge in [-0.1, -0.05) is 12.1 Å². The number of fused-ring (bicyclic) bond motifs is 4. The Labute approximate surface area is 181 Å². The molecular formula is C25H28F2N2O2. The molecule has 4 nitrogen and oxygen atoms in total. The molecule has 0 saturated carbocycles. The van der Waals surface area contributed by atoms with Crippen LogP contribution < -0.4 is 0 Å². The third kappa shape index (κ3) is 4.18. The maximum absolute atomic E-state index is 13.9. The Morgan fingerprint density at radius 1 is 1.03 bits per heavy atom. The number of amides is 1. The summed E-state index contributed by atoms with van der Waals surface area (Å²) in [5.41, 5.74) is 1.56. The van der Waals surface area contributed by atoms with Gasteiger partial charge < -0.3 is 10.0 Å². The molecule has 1 N–H and O–H groups in total. The van der Waals surface area contributed by atoms with Gasteiger partial charge in [0.25, 0.3) is 0 Å². The predicted molar refractivity (Wildman–Crippen MR) is 113 cm³/mol. The number of carbonyl (C=O) groups is 1. The topological polar surface area (TPSA) is 43.8 Å². The second kappa shape index (κ2) is 8.23. The van der Waals surface area contributed by atoms with Gasteiger partial charge in [-0.25, -0.2) is 8.78 Å². The molecule has 3 saturated heterocycles. The van der Waals surface area contributed by atoms with Crippen molar-refractivity contribution in [3.05, 3.63) is 65.2 Å². The van der Waals surface area contributed by atoms with Crippen LogP contribution in [0.4, 0.5) is 8.78 Å². The largest absolute Gasteiger partial charge is 0.508 e. The van der Waals surface area contributed by atoms with E-state index in [1.165, 1.54) is 12.1 Å². The third-order valence-electron chi connectivity index (χ3n) is 7.27. The molecule has 3 heterocycles. The highest BCUT2D eigenvalue weighted by atomic mass is 19.1. The van der Waals surface area contributed by atoms with E-state index in [0.717, 1.165) is 62.5 Å². The highest BCUT2D eigenvalue weighted by molar-refractivity contribution is 5.79. The lowest BCUT2D eigenvalue weighted by atomic mass is 9.74. The predicted octanol–water partition coefficient (Wildman–Crippen LogP) is 4.29. The lowest BCUT2D eigenvalue weighted by Gasteiger charge is -2.55. The molecule has 0 aromatic heterocycles. The SMILES string of the molecule is O=C(Cc1cccc(O)c1)N1C[C@@H]2C[C@H](C1)[C@@H]1CCC[C@H](c3cc(F)cc(F)c3)N1C2. The molecule has 164 valence electrons. The van der Waals surface area contributed by atoms with E-state index >= 15 is 0 Å². The second-order valence-corrected chi connectivity index (χ2v) is 9.42. The monoisotopic (exact) mass is 426 g/mol. The summed E-state index contributed by atoms with van der Waals surface area (Å²) >= 11 is 0. The van der Waals surface area contributed by atoms with Crippen LogP contribution in [0.5, 0.6) is 5.75 Å². The van der Waals surface area contributed by atoms with Gasteiger partial charge in [0.15, 0.2) is 0 Å². The molecule has 1 amide bonds. The number of hydrogen-bond donors (Lipinski definition) is 1. The molecule has 0 unspecified atom stereocenters. The van der Waals surface area contributed by atoms with E-state index < -0.39 is 11.6 Å². The van der Waals surface area contributed by atoms with Crippen LogP contribution >= 0.6 is 0 Å². The minimum Gasteiger partial charge on any atom is -0.508 e. The number of likely N-dealkylation sites (tertiary alicyclic amines) is 1. The second-order valence-electron chi connectivity index (χ2n) is 9.42. The quantitative estimate of drug-likeness (QED) is 0.797. The van der Waals surface area contributed by atoms with E-state index in [0.29, 0.717) is 24.3 Å². The van der Waals surface area contributed by atoms with E-state index in [-0.39, 0.29) is 17.7 Å². The van der Waals surface area contributed by atoms with Crippen molar-refractivity contribution in [2.24, 2.45) is 11.8 Å². The number of carbonyl (C=O) groups excluding carboxylic acids is 1. The first kappa shape index (κ1) is 20.4. The van der Waals surface area contributed by atoms with Gasteiger partial charge >= 0.3 is 0 Å². The number of benzene rings is 2. The number of piperidine rings is 3. The molecule has 0 aliphatic carbocycles. The van der Waals surface area contributed by atoms with Gasteiger partial charge in [-0.15, -0.1) is 0 Å². The molecule has 31 heavy (non-hydrogen) atoms. The summed E-state index contributed by atoms with van der Waals surface area (Å²) < 4.78 is 27.7. The normalized spacial score (nSPS) is 28.3. The minimum absolute atomic E-state index is 0.0452. The first-order valence-electron chi connectivity index (χ1n) is 11.2. The van der Waals surface area contributed by atoms with Crippen molar-refractivity contribution in [1.29, 1.82) is 0 Å².